The maximum atomic E-state index is 12.1. The average molecular weight is 279 g/mol. The van der Waals surface area contributed by atoms with Crippen molar-refractivity contribution in [3.63, 3.8) is 0 Å². The van der Waals surface area contributed by atoms with Gasteiger partial charge >= 0.3 is 0 Å². The lowest BCUT2D eigenvalue weighted by molar-refractivity contribution is 0.0952. The quantitative estimate of drug-likeness (QED) is 0.844. The Hall–Kier alpha value is -1.65. The Bertz CT molecular complexity index is 614. The predicted molar refractivity (Wildman–Crippen MR) is 75.5 cm³/mol. The van der Waals surface area contributed by atoms with Gasteiger partial charge in [0.05, 0.1) is 11.1 Å². The molecule has 1 heterocycles. The number of aliphatic hydroxyl groups is 1. The van der Waals surface area contributed by atoms with Crippen LogP contribution in [-0.2, 0) is 0 Å². The SMILES string of the molecule is Cc1cc(C(=O)NCCCO)c2cc(Cl)ccc2n1. The van der Waals surface area contributed by atoms with Gasteiger partial charge in [-0.2, -0.15) is 0 Å². The molecular weight excluding hydrogens is 264 g/mol. The summed E-state index contributed by atoms with van der Waals surface area (Å²) < 4.78 is 0. The lowest BCUT2D eigenvalue weighted by atomic mass is 10.1. The summed E-state index contributed by atoms with van der Waals surface area (Å²) in [5.74, 6) is -0.175. The molecule has 1 aromatic carbocycles. The molecule has 0 aliphatic heterocycles. The molecule has 0 bridgehead atoms. The molecule has 0 fully saturated rings. The number of carbonyl (C=O) groups is 1. The highest BCUT2D eigenvalue weighted by molar-refractivity contribution is 6.31. The van der Waals surface area contributed by atoms with Crippen molar-refractivity contribution in [2.24, 2.45) is 0 Å². The number of benzene rings is 1. The minimum Gasteiger partial charge on any atom is -0.396 e. The van der Waals surface area contributed by atoms with Gasteiger partial charge in [0.25, 0.3) is 5.91 Å². The zero-order chi connectivity index (χ0) is 13.8. The molecule has 0 radical (unpaired) electrons. The van der Waals surface area contributed by atoms with Crippen molar-refractivity contribution < 1.29 is 9.90 Å². The Morgan fingerprint density at radius 3 is 2.95 bits per heavy atom. The first-order valence-corrected chi connectivity index (χ1v) is 6.45. The van der Waals surface area contributed by atoms with E-state index in [1.807, 2.05) is 6.92 Å². The Balaban J connectivity index is 2.40. The number of carbonyl (C=O) groups excluding carboxylic acids is 1. The third-order valence-electron chi connectivity index (χ3n) is 2.76. The average Bonchev–Trinajstić information content (AvgIpc) is 2.38. The van der Waals surface area contributed by atoms with Gasteiger partial charge in [-0.05, 0) is 37.6 Å². The highest BCUT2D eigenvalue weighted by atomic mass is 35.5. The van der Waals surface area contributed by atoms with Crippen molar-refractivity contribution in [1.82, 2.24) is 10.3 Å². The summed E-state index contributed by atoms with van der Waals surface area (Å²) in [6, 6.07) is 7.04. The molecule has 0 saturated carbocycles. The van der Waals surface area contributed by atoms with Gasteiger partial charge in [0.2, 0.25) is 0 Å². The van der Waals surface area contributed by atoms with Crippen LogP contribution in [0.15, 0.2) is 24.3 Å². The van der Waals surface area contributed by atoms with Crippen LogP contribution >= 0.6 is 11.6 Å². The van der Waals surface area contributed by atoms with E-state index < -0.39 is 0 Å². The van der Waals surface area contributed by atoms with Crippen molar-refractivity contribution in [1.29, 1.82) is 0 Å². The van der Waals surface area contributed by atoms with Crippen LogP contribution in [0.2, 0.25) is 5.02 Å². The number of aromatic nitrogens is 1. The number of amides is 1. The minimum atomic E-state index is -0.175. The predicted octanol–water partition coefficient (Wildman–Crippen LogP) is 2.31. The molecule has 1 amide bonds. The van der Waals surface area contributed by atoms with Crippen molar-refractivity contribution in [2.75, 3.05) is 13.2 Å². The largest absolute Gasteiger partial charge is 0.396 e. The van der Waals surface area contributed by atoms with Gasteiger partial charge in [-0.1, -0.05) is 11.6 Å². The zero-order valence-electron chi connectivity index (χ0n) is 10.6. The van der Waals surface area contributed by atoms with Crippen molar-refractivity contribution in [3.05, 3.63) is 40.5 Å². The van der Waals surface area contributed by atoms with E-state index in [0.29, 0.717) is 23.6 Å². The van der Waals surface area contributed by atoms with E-state index in [9.17, 15) is 4.79 Å². The van der Waals surface area contributed by atoms with E-state index in [0.717, 1.165) is 16.6 Å². The fourth-order valence-corrected chi connectivity index (χ4v) is 2.07. The van der Waals surface area contributed by atoms with Crippen LogP contribution in [0.3, 0.4) is 0 Å². The topological polar surface area (TPSA) is 62.2 Å². The number of nitrogens with zero attached hydrogens (tertiary/aromatic N) is 1. The summed E-state index contributed by atoms with van der Waals surface area (Å²) in [5.41, 5.74) is 2.08. The fraction of sp³-hybridized carbons (Fsp3) is 0.286. The number of halogens is 1. The number of aryl methyl sites for hydroxylation is 1. The van der Waals surface area contributed by atoms with Crippen LogP contribution in [-0.4, -0.2) is 29.1 Å². The molecule has 1 aromatic heterocycles. The molecule has 0 aliphatic rings. The highest BCUT2D eigenvalue weighted by Gasteiger charge is 2.11. The van der Waals surface area contributed by atoms with E-state index in [1.165, 1.54) is 0 Å². The molecular formula is C14H15ClN2O2. The normalized spacial score (nSPS) is 10.7. The maximum Gasteiger partial charge on any atom is 0.252 e. The molecule has 5 heteroatoms. The van der Waals surface area contributed by atoms with Gasteiger partial charge in [0.15, 0.2) is 0 Å². The Kier molecular flexibility index (Phi) is 4.35. The zero-order valence-corrected chi connectivity index (χ0v) is 11.4. The Morgan fingerprint density at radius 2 is 2.21 bits per heavy atom. The van der Waals surface area contributed by atoms with Crippen molar-refractivity contribution in [2.45, 2.75) is 13.3 Å². The minimum absolute atomic E-state index is 0.0578. The summed E-state index contributed by atoms with van der Waals surface area (Å²) in [4.78, 5) is 16.5. The van der Waals surface area contributed by atoms with Crippen LogP contribution in [0.4, 0.5) is 0 Å². The van der Waals surface area contributed by atoms with Crippen LogP contribution < -0.4 is 5.32 Å². The van der Waals surface area contributed by atoms with E-state index >= 15 is 0 Å². The van der Waals surface area contributed by atoms with E-state index in [2.05, 4.69) is 10.3 Å². The number of hydrogen-bond donors (Lipinski definition) is 2. The van der Waals surface area contributed by atoms with E-state index in [1.54, 1.807) is 24.3 Å². The van der Waals surface area contributed by atoms with Gasteiger partial charge in [-0.3, -0.25) is 9.78 Å². The molecule has 2 N–H and O–H groups in total. The van der Waals surface area contributed by atoms with Crippen molar-refractivity contribution >= 4 is 28.4 Å². The van der Waals surface area contributed by atoms with Gasteiger partial charge in [-0.25, -0.2) is 0 Å². The van der Waals surface area contributed by atoms with Crippen LogP contribution in [0.1, 0.15) is 22.5 Å². The molecule has 19 heavy (non-hydrogen) atoms. The van der Waals surface area contributed by atoms with Gasteiger partial charge in [0, 0.05) is 29.3 Å². The Labute approximate surface area is 116 Å². The summed E-state index contributed by atoms with van der Waals surface area (Å²) in [6.45, 7) is 2.35. The number of nitrogens with one attached hydrogen (secondary N) is 1. The number of aliphatic hydroxyl groups excluding tert-OH is 1. The molecule has 0 saturated heterocycles. The number of fused-ring (bicyclic) bond motifs is 1. The van der Waals surface area contributed by atoms with E-state index in [4.69, 9.17) is 16.7 Å². The van der Waals surface area contributed by atoms with Gasteiger partial charge in [-0.15, -0.1) is 0 Å². The first-order valence-electron chi connectivity index (χ1n) is 6.08. The first kappa shape index (κ1) is 13.8. The highest BCUT2D eigenvalue weighted by Crippen LogP contribution is 2.22. The lowest BCUT2D eigenvalue weighted by Gasteiger charge is -2.09. The number of pyridine rings is 1. The van der Waals surface area contributed by atoms with Crippen LogP contribution in [0.5, 0.6) is 0 Å². The Morgan fingerprint density at radius 1 is 1.42 bits per heavy atom. The molecule has 0 aliphatic carbocycles. The van der Waals surface area contributed by atoms with Crippen LogP contribution in [0, 0.1) is 6.92 Å². The summed E-state index contributed by atoms with van der Waals surface area (Å²) >= 11 is 5.97. The molecule has 0 spiro atoms. The van der Waals surface area contributed by atoms with Gasteiger partial charge in [0.1, 0.15) is 0 Å². The second-order valence-electron chi connectivity index (χ2n) is 4.31. The third kappa shape index (κ3) is 3.22. The first-order chi connectivity index (χ1) is 9.11. The van der Waals surface area contributed by atoms with Gasteiger partial charge < -0.3 is 10.4 Å². The van der Waals surface area contributed by atoms with Crippen molar-refractivity contribution in [3.8, 4) is 0 Å². The third-order valence-corrected chi connectivity index (χ3v) is 3.00. The molecule has 2 rings (SSSR count). The van der Waals surface area contributed by atoms with Crippen LogP contribution in [0.25, 0.3) is 10.9 Å². The number of rotatable bonds is 4. The summed E-state index contributed by atoms with van der Waals surface area (Å²) in [5, 5.41) is 12.8. The summed E-state index contributed by atoms with van der Waals surface area (Å²) in [6.07, 6.45) is 0.536. The standard InChI is InChI=1S/C14H15ClN2O2/c1-9-7-12(14(19)16-5-2-6-18)11-8-10(15)3-4-13(11)17-9/h3-4,7-8,18H,2,5-6H2,1H3,(H,16,19). The monoisotopic (exact) mass is 278 g/mol. The maximum absolute atomic E-state index is 12.1. The second-order valence-corrected chi connectivity index (χ2v) is 4.74. The molecule has 2 aromatic rings. The molecule has 0 unspecified atom stereocenters. The summed E-state index contributed by atoms with van der Waals surface area (Å²) in [7, 11) is 0. The van der Waals surface area contributed by atoms with E-state index in [-0.39, 0.29) is 12.5 Å². The fourth-order valence-electron chi connectivity index (χ4n) is 1.89. The lowest BCUT2D eigenvalue weighted by Crippen LogP contribution is -2.25. The molecule has 100 valence electrons. The number of hydrogen-bond acceptors (Lipinski definition) is 3. The smallest absolute Gasteiger partial charge is 0.252 e. The second kappa shape index (κ2) is 5.99. The molecule has 4 nitrogen and oxygen atoms in total. The molecule has 0 atom stereocenters.